The molecule has 0 unspecified atom stereocenters. The molecule has 2 aliphatic rings. The molecule has 1 aromatic rings. The number of ether oxygens (including phenoxy) is 1. The second kappa shape index (κ2) is 11.0. The molecule has 0 radical (unpaired) electrons. The molecule has 9 heteroatoms. The van der Waals surface area contributed by atoms with Gasteiger partial charge in [0.1, 0.15) is 11.4 Å². The van der Waals surface area contributed by atoms with Crippen molar-refractivity contribution in [2.45, 2.75) is 57.4 Å². The van der Waals surface area contributed by atoms with Crippen LogP contribution in [0.1, 0.15) is 50.2 Å². The first-order valence-electron chi connectivity index (χ1n) is 11.8. The third-order valence-corrected chi connectivity index (χ3v) is 6.91. The molecule has 2 atom stereocenters. The van der Waals surface area contributed by atoms with Crippen molar-refractivity contribution in [1.29, 1.82) is 0 Å². The number of piperazine rings is 1. The summed E-state index contributed by atoms with van der Waals surface area (Å²) in [5, 5.41) is 15.2. The molecule has 1 aliphatic heterocycles. The fourth-order valence-corrected chi connectivity index (χ4v) is 5.20. The average molecular weight is 461 g/mol. The van der Waals surface area contributed by atoms with Crippen molar-refractivity contribution < 1.29 is 24.3 Å². The zero-order valence-electron chi connectivity index (χ0n) is 19.8. The lowest BCUT2D eigenvalue weighted by Crippen LogP contribution is -2.70. The van der Waals surface area contributed by atoms with Gasteiger partial charge in [0.25, 0.3) is 0 Å². The predicted octanol–water partition coefficient (Wildman–Crippen LogP) is 2.30. The Balaban J connectivity index is 1.90. The summed E-state index contributed by atoms with van der Waals surface area (Å²) in [6.45, 7) is 3.14. The van der Waals surface area contributed by atoms with Crippen LogP contribution in [0, 0.1) is 5.92 Å². The van der Waals surface area contributed by atoms with Gasteiger partial charge in [0.05, 0.1) is 7.11 Å². The number of nitrogens with zero attached hydrogens (tertiary/aromatic N) is 1. The molecule has 1 saturated heterocycles. The van der Waals surface area contributed by atoms with Crippen molar-refractivity contribution in [1.82, 2.24) is 15.5 Å². The van der Waals surface area contributed by atoms with E-state index in [9.17, 15) is 19.6 Å². The topological polar surface area (TPSA) is 120 Å². The number of nitrogens with one attached hydrogen (secondary N) is 3. The Kier molecular flexibility index (Phi) is 8.31. The number of carbonyl (C=O) groups is 3. The fraction of sp³-hybridized carbons (Fsp3) is 0.625. The number of benzene rings is 1. The number of anilines is 1. The van der Waals surface area contributed by atoms with Gasteiger partial charge < -0.3 is 20.3 Å². The number of Topliss-reactive ketones (excluding diaryl/α,β-unsaturated/α-hetero) is 2. The number of urea groups is 1. The van der Waals surface area contributed by atoms with Crippen LogP contribution in [-0.2, 0) is 22.4 Å². The summed E-state index contributed by atoms with van der Waals surface area (Å²) >= 11 is 0. The summed E-state index contributed by atoms with van der Waals surface area (Å²) in [5.41, 5.74) is 3.09. The minimum atomic E-state index is -1.44. The van der Waals surface area contributed by atoms with Gasteiger partial charge in [-0.2, -0.15) is 0 Å². The summed E-state index contributed by atoms with van der Waals surface area (Å²) < 4.78 is 5.60. The summed E-state index contributed by atoms with van der Waals surface area (Å²) in [7, 11) is 3.07. The van der Waals surface area contributed by atoms with Gasteiger partial charge in [-0.3, -0.25) is 20.3 Å². The lowest BCUT2D eigenvalue weighted by Gasteiger charge is -2.42. The number of unbranched alkanes of at least 4 members (excludes halogenated alkanes) is 3. The summed E-state index contributed by atoms with van der Waals surface area (Å²) in [4.78, 5) is 40.7. The molecule has 4 N–H and O–H groups in total. The van der Waals surface area contributed by atoms with Crippen molar-refractivity contribution in [2.75, 3.05) is 39.3 Å². The number of rotatable bonds is 9. The van der Waals surface area contributed by atoms with Crippen molar-refractivity contribution in [2.24, 2.45) is 5.92 Å². The number of methoxy groups -OCH3 is 1. The monoisotopic (exact) mass is 460 g/mol. The third-order valence-electron chi connectivity index (χ3n) is 6.91. The highest BCUT2D eigenvalue weighted by Gasteiger charge is 2.60. The smallest absolute Gasteiger partial charge is 0.318 e. The van der Waals surface area contributed by atoms with E-state index in [2.05, 4.69) is 23.0 Å². The first-order valence-corrected chi connectivity index (χ1v) is 11.8. The van der Waals surface area contributed by atoms with Crippen molar-refractivity contribution in [3.8, 4) is 5.75 Å². The van der Waals surface area contributed by atoms with Gasteiger partial charge in [-0.1, -0.05) is 32.3 Å². The van der Waals surface area contributed by atoms with Crippen molar-refractivity contribution >= 4 is 23.3 Å². The average Bonchev–Trinajstić information content (AvgIpc) is 3.06. The lowest BCUT2D eigenvalue weighted by molar-refractivity contribution is -0.137. The van der Waals surface area contributed by atoms with E-state index in [1.54, 1.807) is 13.2 Å². The highest BCUT2D eigenvalue weighted by Crippen LogP contribution is 2.39. The van der Waals surface area contributed by atoms with Gasteiger partial charge in [-0.05, 0) is 36.5 Å². The van der Waals surface area contributed by atoms with E-state index in [4.69, 9.17) is 4.74 Å². The Morgan fingerprint density at radius 3 is 2.76 bits per heavy atom. The quantitative estimate of drug-likeness (QED) is 0.254. The molecule has 182 valence electrons. The lowest BCUT2D eigenvalue weighted by atomic mass is 9.86. The number of amides is 2. The molecule has 9 nitrogen and oxygen atoms in total. The van der Waals surface area contributed by atoms with Crippen molar-refractivity contribution in [3.63, 3.8) is 0 Å². The molecule has 1 heterocycles. The summed E-state index contributed by atoms with van der Waals surface area (Å²) in [5.74, 6) is -0.372. The van der Waals surface area contributed by atoms with E-state index in [1.807, 2.05) is 6.07 Å². The standard InChI is InChI=1S/C24H36N4O5/c1-4-5-6-7-8-18-16(9-10-19(27-32)21(18)33-3)13-17-14-20(29)24(22(17)30)15-26-11-12-28(24)23(31)25-2/h9-10,17,26-27,32H,4-8,11-15H2,1-3H3,(H,25,31)/t17-,24+/m1/s1. The summed E-state index contributed by atoms with van der Waals surface area (Å²) in [6, 6.07) is 3.20. The maximum absolute atomic E-state index is 13.6. The van der Waals surface area contributed by atoms with Crippen LogP contribution in [0.25, 0.3) is 0 Å². The SMILES string of the molecule is CCCCCCc1c(C[C@@H]2CC(=O)[C@@]3(CNCCN3C(=O)NC)C2=O)ccc(NO)c1OC. The maximum atomic E-state index is 13.6. The molecule has 33 heavy (non-hydrogen) atoms. The molecular formula is C24H36N4O5. The van der Waals surface area contributed by atoms with Gasteiger partial charge in [0.2, 0.25) is 0 Å². The number of carbonyl (C=O) groups excluding carboxylic acids is 3. The number of ketones is 2. The van der Waals surface area contributed by atoms with Crippen LogP contribution in [0.15, 0.2) is 12.1 Å². The molecule has 2 amide bonds. The second-order valence-electron chi connectivity index (χ2n) is 8.84. The molecule has 1 spiro atoms. The minimum absolute atomic E-state index is 0.103. The Morgan fingerprint density at radius 1 is 1.30 bits per heavy atom. The van der Waals surface area contributed by atoms with Crippen LogP contribution in [-0.4, -0.2) is 67.0 Å². The van der Waals surface area contributed by atoms with E-state index < -0.39 is 17.5 Å². The van der Waals surface area contributed by atoms with Crippen LogP contribution in [0.2, 0.25) is 0 Å². The Hall–Kier alpha value is -2.65. The van der Waals surface area contributed by atoms with E-state index in [0.29, 0.717) is 30.9 Å². The highest BCUT2D eigenvalue weighted by atomic mass is 16.5. The zero-order valence-corrected chi connectivity index (χ0v) is 19.8. The Labute approximate surface area is 195 Å². The van der Waals surface area contributed by atoms with E-state index >= 15 is 0 Å². The molecule has 1 saturated carbocycles. The largest absolute Gasteiger partial charge is 0.494 e. The Bertz CT molecular complexity index is 890. The normalized spacial score (nSPS) is 22.7. The van der Waals surface area contributed by atoms with Gasteiger partial charge >= 0.3 is 6.03 Å². The zero-order chi connectivity index (χ0) is 24.0. The molecule has 3 rings (SSSR count). The third kappa shape index (κ3) is 4.70. The van der Waals surface area contributed by atoms with Crippen LogP contribution in [0.4, 0.5) is 10.5 Å². The molecule has 0 aromatic heterocycles. The van der Waals surface area contributed by atoms with Crippen LogP contribution < -0.4 is 20.9 Å². The molecule has 2 fully saturated rings. The van der Waals surface area contributed by atoms with Crippen LogP contribution in [0.3, 0.4) is 0 Å². The van der Waals surface area contributed by atoms with Crippen molar-refractivity contribution in [3.05, 3.63) is 23.3 Å². The van der Waals surface area contributed by atoms with Gasteiger partial charge in [-0.25, -0.2) is 4.79 Å². The first kappa shape index (κ1) is 25.0. The molecular weight excluding hydrogens is 424 g/mol. The molecule has 1 aliphatic carbocycles. The number of hydrogen-bond donors (Lipinski definition) is 4. The van der Waals surface area contributed by atoms with E-state index in [1.165, 1.54) is 11.9 Å². The minimum Gasteiger partial charge on any atom is -0.494 e. The van der Waals surface area contributed by atoms with Gasteiger partial charge in [0, 0.05) is 39.0 Å². The highest BCUT2D eigenvalue weighted by molar-refractivity contribution is 6.20. The van der Waals surface area contributed by atoms with Gasteiger partial charge in [0.15, 0.2) is 17.1 Å². The summed E-state index contributed by atoms with van der Waals surface area (Å²) in [6.07, 6.45) is 5.54. The van der Waals surface area contributed by atoms with Crippen LogP contribution >= 0.6 is 0 Å². The Morgan fingerprint density at radius 2 is 2.09 bits per heavy atom. The van der Waals surface area contributed by atoms with E-state index in [0.717, 1.165) is 43.2 Å². The van der Waals surface area contributed by atoms with Gasteiger partial charge in [-0.15, -0.1) is 0 Å². The van der Waals surface area contributed by atoms with Crippen LogP contribution in [0.5, 0.6) is 5.75 Å². The predicted molar refractivity (Wildman–Crippen MR) is 125 cm³/mol. The maximum Gasteiger partial charge on any atom is 0.318 e. The molecule has 0 bridgehead atoms. The molecule has 1 aromatic carbocycles. The second-order valence-corrected chi connectivity index (χ2v) is 8.84. The van der Waals surface area contributed by atoms with E-state index in [-0.39, 0.29) is 24.5 Å². The fourth-order valence-electron chi connectivity index (χ4n) is 5.20. The number of hydrogen-bond acceptors (Lipinski definition) is 7. The first-order chi connectivity index (χ1) is 15.9.